The largest absolute Gasteiger partial charge is 0.489 e. The van der Waals surface area contributed by atoms with Crippen LogP contribution in [0.3, 0.4) is 0 Å². The summed E-state index contributed by atoms with van der Waals surface area (Å²) in [6.45, 7) is 7.89. The maximum atomic E-state index is 13.0. The van der Waals surface area contributed by atoms with Gasteiger partial charge in [-0.05, 0) is 74.5 Å². The number of thiazole rings is 1. The van der Waals surface area contributed by atoms with Gasteiger partial charge < -0.3 is 20.1 Å². The molecule has 1 aliphatic rings. The van der Waals surface area contributed by atoms with Gasteiger partial charge in [-0.3, -0.25) is 0 Å². The number of halogens is 1. The highest BCUT2D eigenvalue weighted by Crippen LogP contribution is 2.42. The van der Waals surface area contributed by atoms with Crippen molar-refractivity contribution in [2.45, 2.75) is 56.3 Å². The van der Waals surface area contributed by atoms with Crippen LogP contribution >= 0.6 is 33.9 Å². The summed E-state index contributed by atoms with van der Waals surface area (Å²) in [6.07, 6.45) is 4.17. The Morgan fingerprint density at radius 1 is 1.25 bits per heavy atom. The number of anilines is 1. The Hall–Kier alpha value is -1.77. The predicted molar refractivity (Wildman–Crippen MR) is 173 cm³/mol. The summed E-state index contributed by atoms with van der Waals surface area (Å²) in [6, 6.07) is 12.0. The molecule has 0 bridgehead atoms. The van der Waals surface area contributed by atoms with Gasteiger partial charge in [0.15, 0.2) is 0 Å². The number of alkyl halides is 1. The van der Waals surface area contributed by atoms with E-state index in [1.54, 1.807) is 11.3 Å². The van der Waals surface area contributed by atoms with Crippen LogP contribution < -0.4 is 14.8 Å². The zero-order chi connectivity index (χ0) is 28.9. The van der Waals surface area contributed by atoms with Crippen LogP contribution in [0.2, 0.25) is 0 Å². The van der Waals surface area contributed by atoms with Gasteiger partial charge in [0.1, 0.15) is 14.9 Å². The second-order valence-electron chi connectivity index (χ2n) is 10.2. The second-order valence-corrected chi connectivity index (χ2v) is 14.6. The lowest BCUT2D eigenvalue weighted by molar-refractivity contribution is 0.224. The molecule has 1 heterocycles. The normalized spacial score (nSPS) is 15.9. The molecule has 0 fully saturated rings. The van der Waals surface area contributed by atoms with E-state index in [-0.39, 0.29) is 17.9 Å². The van der Waals surface area contributed by atoms with E-state index in [1.807, 2.05) is 80.9 Å². The number of nitrogens with one attached hydrogen (secondary N) is 2. The van der Waals surface area contributed by atoms with Crippen LogP contribution in [0.1, 0.15) is 50.8 Å². The van der Waals surface area contributed by atoms with Gasteiger partial charge in [0.25, 0.3) is 0 Å². The van der Waals surface area contributed by atoms with Gasteiger partial charge in [0.2, 0.25) is 10.0 Å². The maximum Gasteiger partial charge on any atom is 0.213 e. The summed E-state index contributed by atoms with van der Waals surface area (Å²) in [5.74, 6) is 0.853. The van der Waals surface area contributed by atoms with Crippen molar-refractivity contribution in [1.29, 1.82) is 0 Å². The molecule has 218 valence electrons. The van der Waals surface area contributed by atoms with Crippen LogP contribution in [0, 0.1) is 0 Å². The Morgan fingerprint density at radius 2 is 2.05 bits per heavy atom. The van der Waals surface area contributed by atoms with E-state index in [2.05, 4.69) is 27.1 Å². The van der Waals surface area contributed by atoms with Gasteiger partial charge in [-0.1, -0.05) is 47.7 Å². The Bertz CT molecular complexity index is 1390. The molecule has 8 nitrogen and oxygen atoms in total. The molecule has 2 atom stereocenters. The Kier molecular flexibility index (Phi) is 10.9. The quantitative estimate of drug-likeness (QED) is 0.147. The first-order valence-electron chi connectivity index (χ1n) is 13.7. The molecule has 4 rings (SSSR count). The number of nitrogens with zero attached hydrogens (tertiary/aromatic N) is 2. The molecule has 1 unspecified atom stereocenters. The third-order valence-corrected chi connectivity index (χ3v) is 10.1. The Morgan fingerprint density at radius 3 is 2.75 bits per heavy atom. The zero-order valence-corrected chi connectivity index (χ0v) is 27.3. The minimum Gasteiger partial charge on any atom is -0.489 e. The number of sulfonamides is 1. The molecule has 40 heavy (non-hydrogen) atoms. The van der Waals surface area contributed by atoms with Gasteiger partial charge in [-0.2, -0.15) is 0 Å². The molecule has 0 spiro atoms. The van der Waals surface area contributed by atoms with Gasteiger partial charge in [-0.25, -0.2) is 18.1 Å². The molecule has 0 saturated carbocycles. The number of aliphatic hydroxyl groups is 1. The monoisotopic (exact) mass is 698 g/mol. The van der Waals surface area contributed by atoms with E-state index in [0.717, 1.165) is 57.4 Å². The minimum atomic E-state index is -3.46. The fourth-order valence-electron chi connectivity index (χ4n) is 5.00. The molecule has 3 N–H and O–H groups in total. The highest BCUT2D eigenvalue weighted by molar-refractivity contribution is 14.1. The fraction of sp³-hybridized carbons (Fsp3) is 0.483. The lowest BCUT2D eigenvalue weighted by atomic mass is 10.0. The first-order valence-corrected chi connectivity index (χ1v) is 17.4. The van der Waals surface area contributed by atoms with Crippen LogP contribution in [0.4, 0.5) is 5.69 Å². The molecule has 1 aromatic heterocycles. The van der Waals surface area contributed by atoms with E-state index in [0.29, 0.717) is 19.5 Å². The fourth-order valence-corrected chi connectivity index (χ4v) is 7.54. The highest BCUT2D eigenvalue weighted by atomic mass is 127. The molecule has 0 saturated heterocycles. The van der Waals surface area contributed by atoms with Crippen molar-refractivity contribution >= 4 is 49.6 Å². The van der Waals surface area contributed by atoms with Gasteiger partial charge >= 0.3 is 0 Å². The predicted octanol–water partition coefficient (Wildman–Crippen LogP) is 5.68. The van der Waals surface area contributed by atoms with Crippen LogP contribution in [-0.4, -0.2) is 66.1 Å². The topological polar surface area (TPSA) is 104 Å². The standard InChI is InChI=1S/C29H39IN4O4S2/c1-5-34(14-13-28(30)35)15-16-40(36,37)33-24-11-10-21-22(24)7-6-8-23(21)27-18-32-29(39-27)20-9-12-26(38-19(2)3)25(17-20)31-4/h6-9,12,17-19,24,28,31,33,35H,5,10-11,13-16H2,1-4H3/t24-,28?/m0/s1. The number of aliphatic hydroxyl groups excluding tert-OH is 1. The Balaban J connectivity index is 1.48. The number of fused-ring (bicyclic) bond motifs is 1. The van der Waals surface area contributed by atoms with Crippen molar-refractivity contribution in [3.05, 3.63) is 53.7 Å². The zero-order valence-electron chi connectivity index (χ0n) is 23.5. The molecule has 0 radical (unpaired) electrons. The van der Waals surface area contributed by atoms with Crippen molar-refractivity contribution in [2.24, 2.45) is 0 Å². The average molecular weight is 699 g/mol. The van der Waals surface area contributed by atoms with E-state index >= 15 is 0 Å². The number of ether oxygens (including phenoxy) is 1. The summed E-state index contributed by atoms with van der Waals surface area (Å²) in [5, 5.41) is 13.7. The number of hydrogen-bond acceptors (Lipinski definition) is 8. The average Bonchev–Trinajstić information content (AvgIpc) is 3.56. The Labute approximate surface area is 255 Å². The van der Waals surface area contributed by atoms with E-state index in [9.17, 15) is 13.5 Å². The number of rotatable bonds is 14. The first kappa shape index (κ1) is 31.2. The maximum absolute atomic E-state index is 13.0. The second kappa shape index (κ2) is 13.9. The van der Waals surface area contributed by atoms with Crippen LogP contribution in [0.25, 0.3) is 21.0 Å². The molecule has 2 aromatic carbocycles. The van der Waals surface area contributed by atoms with Crippen LogP contribution in [0.5, 0.6) is 5.75 Å². The highest BCUT2D eigenvalue weighted by Gasteiger charge is 2.29. The molecule has 11 heteroatoms. The molecular weight excluding hydrogens is 659 g/mol. The summed E-state index contributed by atoms with van der Waals surface area (Å²) < 4.78 is 34.4. The van der Waals surface area contributed by atoms with Crippen molar-refractivity contribution in [3.63, 3.8) is 0 Å². The number of benzene rings is 2. The van der Waals surface area contributed by atoms with E-state index in [4.69, 9.17) is 9.72 Å². The third kappa shape index (κ3) is 7.95. The van der Waals surface area contributed by atoms with E-state index < -0.39 is 14.1 Å². The van der Waals surface area contributed by atoms with Crippen LogP contribution in [0.15, 0.2) is 42.6 Å². The third-order valence-electron chi connectivity index (χ3n) is 7.03. The first-order chi connectivity index (χ1) is 19.1. The van der Waals surface area contributed by atoms with Gasteiger partial charge in [0, 0.05) is 37.9 Å². The lowest BCUT2D eigenvalue weighted by Crippen LogP contribution is -2.36. The van der Waals surface area contributed by atoms with Gasteiger partial charge in [0.05, 0.1) is 22.4 Å². The van der Waals surface area contributed by atoms with E-state index in [1.165, 1.54) is 5.56 Å². The molecule has 0 aliphatic heterocycles. The molecule has 3 aromatic rings. The smallest absolute Gasteiger partial charge is 0.213 e. The van der Waals surface area contributed by atoms with Crippen molar-refractivity contribution in [1.82, 2.24) is 14.6 Å². The lowest BCUT2D eigenvalue weighted by Gasteiger charge is -2.21. The summed E-state index contributed by atoms with van der Waals surface area (Å²) in [5.41, 5.74) is 5.29. The van der Waals surface area contributed by atoms with Crippen LogP contribution in [-0.2, 0) is 16.4 Å². The molecular formula is C29H39IN4O4S2. The summed E-state index contributed by atoms with van der Waals surface area (Å²) in [7, 11) is -1.58. The van der Waals surface area contributed by atoms with Gasteiger partial charge in [-0.15, -0.1) is 11.3 Å². The number of hydrogen-bond donors (Lipinski definition) is 3. The minimum absolute atomic E-state index is 0.0392. The van der Waals surface area contributed by atoms with Crippen molar-refractivity contribution < 1.29 is 18.3 Å². The van der Waals surface area contributed by atoms with Crippen molar-refractivity contribution in [2.75, 3.05) is 37.8 Å². The summed E-state index contributed by atoms with van der Waals surface area (Å²) >= 11 is 3.61. The number of aromatic nitrogens is 1. The molecule has 1 aliphatic carbocycles. The summed E-state index contributed by atoms with van der Waals surface area (Å²) in [4.78, 5) is 7.86. The molecule has 0 amide bonds. The SMILES string of the molecule is CCN(CCC(O)I)CCS(=O)(=O)N[C@H]1CCc2c(-c3cnc(-c4ccc(OC(C)C)c(NC)c4)s3)cccc21. The van der Waals surface area contributed by atoms with Crippen molar-refractivity contribution in [3.8, 4) is 26.8 Å².